The molecule has 2 rings (SSSR count). The zero-order chi connectivity index (χ0) is 14.4. The quantitative estimate of drug-likeness (QED) is 0.822. The van der Waals surface area contributed by atoms with Crippen molar-refractivity contribution in [3.63, 3.8) is 0 Å². The van der Waals surface area contributed by atoms with Crippen LogP contribution in [0.25, 0.3) is 0 Å². The van der Waals surface area contributed by atoms with Crippen molar-refractivity contribution in [2.24, 2.45) is 5.92 Å². The normalized spacial score (nSPS) is 20.2. The first-order valence-electron chi connectivity index (χ1n) is 6.59. The highest BCUT2D eigenvalue weighted by Crippen LogP contribution is 2.05. The molecule has 1 aromatic heterocycles. The number of ether oxygens (including phenoxy) is 2. The van der Waals surface area contributed by atoms with Crippen molar-refractivity contribution >= 4 is 5.91 Å². The lowest BCUT2D eigenvalue weighted by Gasteiger charge is -2.19. The fraction of sp³-hybridized carbons (Fsp3) is 0.615. The van der Waals surface area contributed by atoms with Crippen molar-refractivity contribution < 1.29 is 14.3 Å². The number of carbonyl (C=O) groups is 1. The van der Waals surface area contributed by atoms with Crippen molar-refractivity contribution in [3.8, 4) is 6.01 Å². The lowest BCUT2D eigenvalue weighted by atomic mass is 10.1. The fourth-order valence-electron chi connectivity index (χ4n) is 2.06. The van der Waals surface area contributed by atoms with Crippen molar-refractivity contribution in [2.45, 2.75) is 0 Å². The monoisotopic (exact) mass is 280 g/mol. The number of rotatable bonds is 4. The predicted molar refractivity (Wildman–Crippen MR) is 72.7 cm³/mol. The van der Waals surface area contributed by atoms with Crippen molar-refractivity contribution in [1.82, 2.24) is 20.2 Å². The van der Waals surface area contributed by atoms with E-state index in [9.17, 15) is 4.79 Å². The van der Waals surface area contributed by atoms with Crippen LogP contribution in [0.15, 0.2) is 12.4 Å². The molecule has 7 nitrogen and oxygen atoms in total. The Hall–Kier alpha value is -1.73. The Morgan fingerprint density at radius 2 is 2.30 bits per heavy atom. The number of aromatic nitrogens is 2. The Kier molecular flexibility index (Phi) is 5.25. The van der Waals surface area contributed by atoms with E-state index < -0.39 is 0 Å². The van der Waals surface area contributed by atoms with Gasteiger partial charge in [0.05, 0.1) is 25.9 Å². The van der Waals surface area contributed by atoms with Gasteiger partial charge in [-0.3, -0.25) is 4.79 Å². The summed E-state index contributed by atoms with van der Waals surface area (Å²) in [6.07, 6.45) is 2.91. The maximum absolute atomic E-state index is 12.0. The molecule has 2 heterocycles. The maximum atomic E-state index is 12.0. The summed E-state index contributed by atoms with van der Waals surface area (Å²) >= 11 is 0. The molecule has 0 aliphatic carbocycles. The first-order valence-corrected chi connectivity index (χ1v) is 6.59. The first kappa shape index (κ1) is 14.7. The summed E-state index contributed by atoms with van der Waals surface area (Å²) in [6.45, 7) is 3.84. The fourth-order valence-corrected chi connectivity index (χ4v) is 2.06. The minimum Gasteiger partial charge on any atom is -0.467 e. The van der Waals surface area contributed by atoms with Gasteiger partial charge in [0.25, 0.3) is 5.91 Å². The third-order valence-corrected chi connectivity index (χ3v) is 3.16. The highest BCUT2D eigenvalue weighted by atomic mass is 16.5. The van der Waals surface area contributed by atoms with Gasteiger partial charge in [0.2, 0.25) is 0 Å². The van der Waals surface area contributed by atoms with Crippen LogP contribution < -0.4 is 10.1 Å². The van der Waals surface area contributed by atoms with Crippen LogP contribution in [-0.2, 0) is 4.74 Å². The summed E-state index contributed by atoms with van der Waals surface area (Å²) < 4.78 is 10.4. The van der Waals surface area contributed by atoms with Gasteiger partial charge in [-0.2, -0.15) is 0 Å². The second-order valence-electron chi connectivity index (χ2n) is 4.87. The third kappa shape index (κ3) is 4.14. The molecular formula is C13H20N4O3. The molecule has 1 fully saturated rings. The molecule has 7 heteroatoms. The van der Waals surface area contributed by atoms with E-state index in [4.69, 9.17) is 9.47 Å². The van der Waals surface area contributed by atoms with Crippen LogP contribution in [-0.4, -0.2) is 67.8 Å². The Labute approximate surface area is 118 Å². The van der Waals surface area contributed by atoms with Gasteiger partial charge in [0.1, 0.15) is 0 Å². The smallest absolute Gasteiger partial charge is 0.316 e. The number of hydrogen-bond donors (Lipinski definition) is 1. The van der Waals surface area contributed by atoms with Gasteiger partial charge in [-0.05, 0) is 7.05 Å². The van der Waals surface area contributed by atoms with E-state index >= 15 is 0 Å². The maximum Gasteiger partial charge on any atom is 0.316 e. The van der Waals surface area contributed by atoms with Crippen molar-refractivity contribution in [1.29, 1.82) is 0 Å². The molecule has 1 aromatic rings. The highest BCUT2D eigenvalue weighted by Gasteiger charge is 2.17. The second kappa shape index (κ2) is 7.16. The van der Waals surface area contributed by atoms with Gasteiger partial charge in [0.15, 0.2) is 0 Å². The van der Waals surface area contributed by atoms with Gasteiger partial charge in [0, 0.05) is 37.9 Å². The molecule has 1 aliphatic rings. The Bertz CT molecular complexity index is 438. The molecular weight excluding hydrogens is 260 g/mol. The molecule has 110 valence electrons. The number of carbonyl (C=O) groups excluding carboxylic acids is 1. The van der Waals surface area contributed by atoms with E-state index in [-0.39, 0.29) is 11.9 Å². The highest BCUT2D eigenvalue weighted by molar-refractivity contribution is 5.93. The van der Waals surface area contributed by atoms with E-state index in [0.717, 1.165) is 19.7 Å². The molecule has 0 radical (unpaired) electrons. The summed E-state index contributed by atoms with van der Waals surface area (Å²) in [5.41, 5.74) is 0.425. The average molecular weight is 280 g/mol. The lowest BCUT2D eigenvalue weighted by Crippen LogP contribution is -2.35. The molecule has 0 spiro atoms. The van der Waals surface area contributed by atoms with Gasteiger partial charge in [-0.15, -0.1) is 0 Å². The summed E-state index contributed by atoms with van der Waals surface area (Å²) in [7, 11) is 3.54. The van der Waals surface area contributed by atoms with Crippen molar-refractivity contribution in [2.75, 3.05) is 47.0 Å². The van der Waals surface area contributed by atoms with Gasteiger partial charge < -0.3 is 19.7 Å². The summed E-state index contributed by atoms with van der Waals surface area (Å²) in [6, 6.07) is 0.250. The van der Waals surface area contributed by atoms with Crippen LogP contribution in [0.4, 0.5) is 0 Å². The van der Waals surface area contributed by atoms with E-state index in [1.165, 1.54) is 19.5 Å². The molecule has 0 aromatic carbocycles. The van der Waals surface area contributed by atoms with Gasteiger partial charge in [-0.25, -0.2) is 9.97 Å². The minimum atomic E-state index is -0.181. The lowest BCUT2D eigenvalue weighted by molar-refractivity contribution is 0.0920. The number of hydrogen-bond acceptors (Lipinski definition) is 6. The van der Waals surface area contributed by atoms with Crippen LogP contribution >= 0.6 is 0 Å². The van der Waals surface area contributed by atoms with E-state index in [2.05, 4.69) is 27.2 Å². The zero-order valence-electron chi connectivity index (χ0n) is 11.8. The largest absolute Gasteiger partial charge is 0.467 e. The number of nitrogens with one attached hydrogen (secondary N) is 1. The molecule has 0 bridgehead atoms. The molecule has 0 saturated carbocycles. The van der Waals surface area contributed by atoms with Crippen LogP contribution in [0, 0.1) is 5.92 Å². The summed E-state index contributed by atoms with van der Waals surface area (Å²) in [5.74, 6) is 0.116. The molecule has 1 saturated heterocycles. The SMILES string of the molecule is COc1ncc(C(=O)NC[C@H]2COCCN(C)C2)cn1. The number of likely N-dealkylation sites (N-methyl/N-ethyl adjacent to an activating group) is 1. The predicted octanol–water partition coefficient (Wildman–Crippen LogP) is -0.207. The van der Waals surface area contributed by atoms with Crippen LogP contribution in [0.5, 0.6) is 6.01 Å². The summed E-state index contributed by atoms with van der Waals surface area (Å²) in [5, 5.41) is 2.89. The van der Waals surface area contributed by atoms with E-state index in [0.29, 0.717) is 24.6 Å². The molecule has 1 N–H and O–H groups in total. The van der Waals surface area contributed by atoms with Crippen LogP contribution in [0.1, 0.15) is 10.4 Å². The molecule has 1 amide bonds. The first-order chi connectivity index (χ1) is 9.69. The second-order valence-corrected chi connectivity index (χ2v) is 4.87. The Balaban J connectivity index is 1.84. The Morgan fingerprint density at radius 3 is 3.00 bits per heavy atom. The van der Waals surface area contributed by atoms with Gasteiger partial charge in [-0.1, -0.05) is 0 Å². The number of methoxy groups -OCH3 is 1. The number of amides is 1. The molecule has 0 unspecified atom stereocenters. The van der Waals surface area contributed by atoms with E-state index in [1.54, 1.807) is 0 Å². The van der Waals surface area contributed by atoms with E-state index in [1.807, 2.05) is 0 Å². The Morgan fingerprint density at radius 1 is 1.55 bits per heavy atom. The topological polar surface area (TPSA) is 76.6 Å². The zero-order valence-corrected chi connectivity index (χ0v) is 11.8. The minimum absolute atomic E-state index is 0.181. The average Bonchev–Trinajstić information content (AvgIpc) is 2.69. The molecule has 1 aliphatic heterocycles. The molecule has 1 atom stereocenters. The van der Waals surface area contributed by atoms with Gasteiger partial charge >= 0.3 is 6.01 Å². The summed E-state index contributed by atoms with van der Waals surface area (Å²) in [4.78, 5) is 22.0. The van der Waals surface area contributed by atoms with Crippen molar-refractivity contribution in [3.05, 3.63) is 18.0 Å². The standard InChI is InChI=1S/C13H20N4O3/c1-17-3-4-20-9-10(8-17)5-14-12(18)11-6-15-13(19-2)16-7-11/h6-7,10H,3-5,8-9H2,1-2H3,(H,14,18)/t10-/m1/s1. The molecule has 20 heavy (non-hydrogen) atoms. The number of nitrogens with zero attached hydrogens (tertiary/aromatic N) is 3. The van der Waals surface area contributed by atoms with Crippen LogP contribution in [0.2, 0.25) is 0 Å². The third-order valence-electron chi connectivity index (χ3n) is 3.16. The van der Waals surface area contributed by atoms with Crippen LogP contribution in [0.3, 0.4) is 0 Å².